The highest BCUT2D eigenvalue weighted by molar-refractivity contribution is 5.03. The second kappa shape index (κ2) is 5.96. The molecule has 2 unspecified atom stereocenters. The normalized spacial score (nSPS) is 35.0. The molecule has 2 nitrogen and oxygen atoms in total. The Morgan fingerprint density at radius 3 is 2.40 bits per heavy atom. The van der Waals surface area contributed by atoms with Crippen molar-refractivity contribution in [2.45, 2.75) is 83.2 Å². The lowest BCUT2D eigenvalue weighted by molar-refractivity contribution is 0.0208. The molecule has 0 aliphatic heterocycles. The molecule has 20 heavy (non-hydrogen) atoms. The number of nitrogens with two attached hydrogens (primary N) is 1. The zero-order valence-corrected chi connectivity index (χ0v) is 13.6. The van der Waals surface area contributed by atoms with Crippen molar-refractivity contribution in [3.05, 3.63) is 0 Å². The Hall–Kier alpha value is -0.0800. The molecule has 2 heteroatoms. The van der Waals surface area contributed by atoms with Crippen LogP contribution in [0.2, 0.25) is 0 Å². The van der Waals surface area contributed by atoms with E-state index in [0.717, 1.165) is 30.3 Å². The van der Waals surface area contributed by atoms with Crippen LogP contribution in [0.1, 0.15) is 71.6 Å². The molecule has 2 atom stereocenters. The molecule has 3 fully saturated rings. The fraction of sp³-hybridized carbons (Fsp3) is 1.00. The summed E-state index contributed by atoms with van der Waals surface area (Å²) in [4.78, 5) is 2.90. The van der Waals surface area contributed by atoms with Crippen LogP contribution in [0.5, 0.6) is 0 Å². The number of hydrogen-bond donors (Lipinski definition) is 1. The number of hydrogen-bond acceptors (Lipinski definition) is 2. The van der Waals surface area contributed by atoms with Gasteiger partial charge in [-0.1, -0.05) is 26.7 Å². The highest BCUT2D eigenvalue weighted by Gasteiger charge is 2.47. The molecule has 0 radical (unpaired) electrons. The van der Waals surface area contributed by atoms with Gasteiger partial charge in [-0.05, 0) is 62.7 Å². The van der Waals surface area contributed by atoms with Crippen molar-refractivity contribution >= 4 is 0 Å². The standard InChI is InChI=1S/C18H34N2/c1-14(2)10-16-4-3-9-18(11-16,13-19)20(17-7-8-17)12-15-5-6-15/h14-17H,3-13,19H2,1-2H3. The maximum atomic E-state index is 6.35. The van der Waals surface area contributed by atoms with Gasteiger partial charge in [-0.15, -0.1) is 0 Å². The molecular formula is C18H34N2. The van der Waals surface area contributed by atoms with Crippen LogP contribution in [-0.4, -0.2) is 29.6 Å². The highest BCUT2D eigenvalue weighted by atomic mass is 15.3. The van der Waals surface area contributed by atoms with Gasteiger partial charge in [0.2, 0.25) is 0 Å². The van der Waals surface area contributed by atoms with Crippen LogP contribution >= 0.6 is 0 Å². The molecule has 3 aliphatic carbocycles. The van der Waals surface area contributed by atoms with E-state index >= 15 is 0 Å². The minimum Gasteiger partial charge on any atom is -0.329 e. The summed E-state index contributed by atoms with van der Waals surface area (Å²) in [6.07, 6.45) is 12.8. The van der Waals surface area contributed by atoms with E-state index in [4.69, 9.17) is 5.73 Å². The van der Waals surface area contributed by atoms with Crippen molar-refractivity contribution in [2.24, 2.45) is 23.5 Å². The molecule has 3 saturated carbocycles. The molecule has 0 aromatic heterocycles. The van der Waals surface area contributed by atoms with Crippen LogP contribution in [0.15, 0.2) is 0 Å². The third kappa shape index (κ3) is 3.39. The van der Waals surface area contributed by atoms with Gasteiger partial charge >= 0.3 is 0 Å². The Kier molecular flexibility index (Phi) is 4.42. The lowest BCUT2D eigenvalue weighted by Gasteiger charge is -2.49. The summed E-state index contributed by atoms with van der Waals surface area (Å²) < 4.78 is 0. The molecule has 0 heterocycles. The third-order valence-corrected chi connectivity index (χ3v) is 5.86. The van der Waals surface area contributed by atoms with E-state index in [-0.39, 0.29) is 0 Å². The Morgan fingerprint density at radius 2 is 1.85 bits per heavy atom. The third-order valence-electron chi connectivity index (χ3n) is 5.86. The summed E-state index contributed by atoms with van der Waals surface area (Å²) in [5.41, 5.74) is 6.71. The molecular weight excluding hydrogens is 244 g/mol. The van der Waals surface area contributed by atoms with E-state index in [9.17, 15) is 0 Å². The fourth-order valence-corrected chi connectivity index (χ4v) is 4.59. The van der Waals surface area contributed by atoms with E-state index in [0.29, 0.717) is 5.54 Å². The van der Waals surface area contributed by atoms with E-state index in [2.05, 4.69) is 18.7 Å². The monoisotopic (exact) mass is 278 g/mol. The van der Waals surface area contributed by atoms with Crippen molar-refractivity contribution in [3.8, 4) is 0 Å². The van der Waals surface area contributed by atoms with Gasteiger partial charge in [0.1, 0.15) is 0 Å². The van der Waals surface area contributed by atoms with Crippen molar-refractivity contribution in [2.75, 3.05) is 13.1 Å². The minimum absolute atomic E-state index is 0.363. The minimum atomic E-state index is 0.363. The van der Waals surface area contributed by atoms with Gasteiger partial charge < -0.3 is 5.73 Å². The van der Waals surface area contributed by atoms with E-state index in [1.165, 1.54) is 64.3 Å². The Morgan fingerprint density at radius 1 is 1.10 bits per heavy atom. The molecule has 116 valence electrons. The van der Waals surface area contributed by atoms with Gasteiger partial charge in [0.15, 0.2) is 0 Å². The summed E-state index contributed by atoms with van der Waals surface area (Å²) >= 11 is 0. The first-order valence-electron chi connectivity index (χ1n) is 9.10. The Bertz CT molecular complexity index is 319. The Labute approximate surface area is 125 Å². The van der Waals surface area contributed by atoms with Gasteiger partial charge in [0.05, 0.1) is 0 Å². The van der Waals surface area contributed by atoms with Gasteiger partial charge in [-0.3, -0.25) is 4.90 Å². The van der Waals surface area contributed by atoms with Gasteiger partial charge in [-0.25, -0.2) is 0 Å². The van der Waals surface area contributed by atoms with E-state index in [1.807, 2.05) is 0 Å². The average molecular weight is 278 g/mol. The first-order chi connectivity index (χ1) is 9.63. The maximum Gasteiger partial charge on any atom is 0.0337 e. The molecule has 3 rings (SSSR count). The topological polar surface area (TPSA) is 29.3 Å². The molecule has 0 amide bonds. The van der Waals surface area contributed by atoms with E-state index < -0.39 is 0 Å². The molecule has 2 N–H and O–H groups in total. The zero-order valence-electron chi connectivity index (χ0n) is 13.6. The summed E-state index contributed by atoms with van der Waals surface area (Å²) in [5.74, 6) is 2.77. The fourth-order valence-electron chi connectivity index (χ4n) is 4.59. The molecule has 0 spiro atoms. The van der Waals surface area contributed by atoms with Crippen LogP contribution < -0.4 is 5.73 Å². The predicted octanol–water partition coefficient (Wildman–Crippen LogP) is 3.79. The Balaban J connectivity index is 1.70. The summed E-state index contributed by atoms with van der Waals surface area (Å²) in [7, 11) is 0. The van der Waals surface area contributed by atoms with Gasteiger partial charge in [0, 0.05) is 24.7 Å². The molecule has 3 aliphatic rings. The van der Waals surface area contributed by atoms with Crippen LogP contribution in [0.4, 0.5) is 0 Å². The van der Waals surface area contributed by atoms with Gasteiger partial charge in [-0.2, -0.15) is 0 Å². The first kappa shape index (κ1) is 14.8. The van der Waals surface area contributed by atoms with Crippen LogP contribution in [0.3, 0.4) is 0 Å². The SMILES string of the molecule is CC(C)CC1CCCC(CN)(N(CC2CC2)C2CC2)C1. The highest BCUT2D eigenvalue weighted by Crippen LogP contribution is 2.45. The lowest BCUT2D eigenvalue weighted by atomic mass is 9.72. The van der Waals surface area contributed by atoms with Crippen molar-refractivity contribution in [1.29, 1.82) is 0 Å². The molecule has 0 saturated heterocycles. The van der Waals surface area contributed by atoms with Crippen molar-refractivity contribution in [3.63, 3.8) is 0 Å². The quantitative estimate of drug-likeness (QED) is 0.767. The second-order valence-corrected chi connectivity index (χ2v) is 8.35. The largest absolute Gasteiger partial charge is 0.329 e. The smallest absolute Gasteiger partial charge is 0.0337 e. The van der Waals surface area contributed by atoms with Crippen LogP contribution in [0, 0.1) is 17.8 Å². The summed E-state index contributed by atoms with van der Waals surface area (Å²) in [5, 5.41) is 0. The molecule has 0 aromatic rings. The van der Waals surface area contributed by atoms with Crippen LogP contribution in [-0.2, 0) is 0 Å². The molecule has 0 aromatic carbocycles. The summed E-state index contributed by atoms with van der Waals surface area (Å²) in [6.45, 7) is 7.00. The van der Waals surface area contributed by atoms with Crippen LogP contribution in [0.25, 0.3) is 0 Å². The summed E-state index contributed by atoms with van der Waals surface area (Å²) in [6, 6.07) is 0.886. The maximum absolute atomic E-state index is 6.35. The van der Waals surface area contributed by atoms with Crippen molar-refractivity contribution in [1.82, 2.24) is 4.90 Å². The van der Waals surface area contributed by atoms with Gasteiger partial charge in [0.25, 0.3) is 0 Å². The first-order valence-corrected chi connectivity index (χ1v) is 9.10. The number of rotatable bonds is 7. The van der Waals surface area contributed by atoms with E-state index in [1.54, 1.807) is 0 Å². The lowest BCUT2D eigenvalue weighted by Crippen LogP contribution is -2.58. The predicted molar refractivity (Wildman–Crippen MR) is 85.7 cm³/mol. The zero-order chi connectivity index (χ0) is 14.2. The average Bonchev–Trinajstić information content (AvgIpc) is 3.26. The second-order valence-electron chi connectivity index (χ2n) is 8.35. The molecule has 0 bridgehead atoms. The number of nitrogens with zero attached hydrogens (tertiary/aromatic N) is 1. The van der Waals surface area contributed by atoms with Crippen molar-refractivity contribution < 1.29 is 0 Å².